The summed E-state index contributed by atoms with van der Waals surface area (Å²) in [5, 5.41) is 6.36. The number of carbonyl (C=O) groups excluding carboxylic acids is 1. The van der Waals surface area contributed by atoms with Crippen molar-refractivity contribution in [1.29, 1.82) is 0 Å². The van der Waals surface area contributed by atoms with Crippen LogP contribution in [0.15, 0.2) is 24.3 Å². The van der Waals surface area contributed by atoms with Gasteiger partial charge in [0.05, 0.1) is 6.54 Å². The number of nitrogens with zero attached hydrogens (tertiary/aromatic N) is 1. The van der Waals surface area contributed by atoms with Crippen molar-refractivity contribution in [3.8, 4) is 0 Å². The Morgan fingerprint density at radius 1 is 1.24 bits per heavy atom. The third-order valence-electron chi connectivity index (χ3n) is 3.94. The number of hydrogen-bond donors (Lipinski definition) is 2. The van der Waals surface area contributed by atoms with Crippen molar-refractivity contribution >= 4 is 5.91 Å². The molecule has 0 atom stereocenters. The SMILES string of the molecule is CC(C)c1ccc(CNC(=O)CN2CCCNCC2)cc1. The highest BCUT2D eigenvalue weighted by Crippen LogP contribution is 2.14. The minimum atomic E-state index is 0.116. The number of nitrogens with one attached hydrogen (secondary N) is 2. The topological polar surface area (TPSA) is 44.4 Å². The van der Waals surface area contributed by atoms with E-state index in [1.165, 1.54) is 5.56 Å². The zero-order valence-electron chi connectivity index (χ0n) is 13.2. The number of carbonyl (C=O) groups is 1. The minimum Gasteiger partial charge on any atom is -0.351 e. The number of hydrogen-bond acceptors (Lipinski definition) is 3. The van der Waals surface area contributed by atoms with E-state index in [0.29, 0.717) is 19.0 Å². The van der Waals surface area contributed by atoms with Gasteiger partial charge in [-0.25, -0.2) is 0 Å². The van der Waals surface area contributed by atoms with E-state index in [2.05, 4.69) is 53.6 Å². The summed E-state index contributed by atoms with van der Waals surface area (Å²) < 4.78 is 0. The molecule has 1 aliphatic heterocycles. The van der Waals surface area contributed by atoms with Gasteiger partial charge in [0.15, 0.2) is 0 Å². The Labute approximate surface area is 127 Å². The van der Waals surface area contributed by atoms with Crippen LogP contribution in [0.5, 0.6) is 0 Å². The molecule has 0 saturated carbocycles. The van der Waals surface area contributed by atoms with Crippen LogP contribution in [0.25, 0.3) is 0 Å². The summed E-state index contributed by atoms with van der Waals surface area (Å²) in [5.41, 5.74) is 2.49. The lowest BCUT2D eigenvalue weighted by molar-refractivity contribution is -0.122. The van der Waals surface area contributed by atoms with Crippen molar-refractivity contribution < 1.29 is 4.79 Å². The lowest BCUT2D eigenvalue weighted by Gasteiger charge is -2.18. The Morgan fingerprint density at radius 2 is 2.00 bits per heavy atom. The summed E-state index contributed by atoms with van der Waals surface area (Å²) in [6.07, 6.45) is 1.12. The molecule has 0 bridgehead atoms. The van der Waals surface area contributed by atoms with E-state index in [0.717, 1.165) is 38.2 Å². The first-order valence-corrected chi connectivity index (χ1v) is 7.94. The normalized spacial score (nSPS) is 16.7. The Hall–Kier alpha value is -1.39. The van der Waals surface area contributed by atoms with Gasteiger partial charge in [-0.15, -0.1) is 0 Å². The summed E-state index contributed by atoms with van der Waals surface area (Å²) in [7, 11) is 0. The van der Waals surface area contributed by atoms with Crippen molar-refractivity contribution in [3.05, 3.63) is 35.4 Å². The molecule has 116 valence electrons. The monoisotopic (exact) mass is 289 g/mol. The van der Waals surface area contributed by atoms with E-state index in [9.17, 15) is 4.79 Å². The highest BCUT2D eigenvalue weighted by atomic mass is 16.2. The zero-order valence-corrected chi connectivity index (χ0v) is 13.2. The molecule has 1 aromatic rings. The van der Waals surface area contributed by atoms with Gasteiger partial charge >= 0.3 is 0 Å². The third kappa shape index (κ3) is 5.48. The van der Waals surface area contributed by atoms with Gasteiger partial charge in [-0.3, -0.25) is 9.69 Å². The van der Waals surface area contributed by atoms with Gasteiger partial charge in [0.2, 0.25) is 5.91 Å². The second-order valence-electron chi connectivity index (χ2n) is 6.05. The highest BCUT2D eigenvalue weighted by molar-refractivity contribution is 5.78. The Morgan fingerprint density at radius 3 is 2.71 bits per heavy atom. The molecular weight excluding hydrogens is 262 g/mol. The van der Waals surface area contributed by atoms with Crippen molar-refractivity contribution in [3.63, 3.8) is 0 Å². The smallest absolute Gasteiger partial charge is 0.234 e. The van der Waals surface area contributed by atoms with Crippen LogP contribution in [0.3, 0.4) is 0 Å². The van der Waals surface area contributed by atoms with E-state index >= 15 is 0 Å². The molecule has 0 unspecified atom stereocenters. The molecule has 4 nitrogen and oxygen atoms in total. The van der Waals surface area contributed by atoms with Crippen LogP contribution in [0, 0.1) is 0 Å². The molecule has 1 aromatic carbocycles. The maximum absolute atomic E-state index is 12.0. The molecule has 2 rings (SSSR count). The molecule has 1 fully saturated rings. The van der Waals surface area contributed by atoms with Crippen LogP contribution < -0.4 is 10.6 Å². The summed E-state index contributed by atoms with van der Waals surface area (Å²) >= 11 is 0. The second kappa shape index (κ2) is 8.15. The summed E-state index contributed by atoms with van der Waals surface area (Å²) in [6.45, 7) is 9.49. The lowest BCUT2D eigenvalue weighted by Crippen LogP contribution is -2.38. The lowest BCUT2D eigenvalue weighted by atomic mass is 10.0. The van der Waals surface area contributed by atoms with E-state index in [-0.39, 0.29) is 5.91 Å². The molecular formula is C17H27N3O. The van der Waals surface area contributed by atoms with Crippen molar-refractivity contribution in [2.24, 2.45) is 0 Å². The van der Waals surface area contributed by atoms with Crippen LogP contribution in [-0.4, -0.2) is 43.5 Å². The minimum absolute atomic E-state index is 0.116. The van der Waals surface area contributed by atoms with Gasteiger partial charge in [0, 0.05) is 19.6 Å². The first-order chi connectivity index (χ1) is 10.1. The average molecular weight is 289 g/mol. The number of rotatable bonds is 5. The molecule has 0 aromatic heterocycles. The van der Waals surface area contributed by atoms with Gasteiger partial charge < -0.3 is 10.6 Å². The fourth-order valence-corrected chi connectivity index (χ4v) is 2.54. The second-order valence-corrected chi connectivity index (χ2v) is 6.05. The van der Waals surface area contributed by atoms with Crippen LogP contribution in [-0.2, 0) is 11.3 Å². The molecule has 0 spiro atoms. The predicted molar refractivity (Wildman–Crippen MR) is 86.3 cm³/mol. The molecule has 1 heterocycles. The molecule has 2 N–H and O–H groups in total. The van der Waals surface area contributed by atoms with Crippen LogP contribution in [0.2, 0.25) is 0 Å². The van der Waals surface area contributed by atoms with Crippen LogP contribution >= 0.6 is 0 Å². The predicted octanol–water partition coefficient (Wildman–Crippen LogP) is 1.72. The molecule has 21 heavy (non-hydrogen) atoms. The van der Waals surface area contributed by atoms with Crippen LogP contribution in [0.1, 0.15) is 37.3 Å². The molecule has 1 amide bonds. The summed E-state index contributed by atoms with van der Waals surface area (Å²) in [4.78, 5) is 14.2. The van der Waals surface area contributed by atoms with E-state index in [1.807, 2.05) is 0 Å². The Kier molecular flexibility index (Phi) is 6.21. The Bertz CT molecular complexity index is 434. The summed E-state index contributed by atoms with van der Waals surface area (Å²) in [6, 6.07) is 8.50. The van der Waals surface area contributed by atoms with Gasteiger partial charge in [-0.1, -0.05) is 38.1 Å². The quantitative estimate of drug-likeness (QED) is 0.867. The maximum atomic E-state index is 12.0. The van der Waals surface area contributed by atoms with E-state index in [1.54, 1.807) is 0 Å². The standard InChI is InChI=1S/C17H27N3O/c1-14(2)16-6-4-15(5-7-16)12-19-17(21)13-20-10-3-8-18-9-11-20/h4-7,14,18H,3,8-13H2,1-2H3,(H,19,21). The van der Waals surface area contributed by atoms with Crippen LogP contribution in [0.4, 0.5) is 0 Å². The van der Waals surface area contributed by atoms with Gasteiger partial charge in [0.1, 0.15) is 0 Å². The first kappa shape index (κ1) is 16.0. The average Bonchev–Trinajstić information content (AvgIpc) is 2.74. The molecule has 0 radical (unpaired) electrons. The first-order valence-electron chi connectivity index (χ1n) is 7.94. The van der Waals surface area contributed by atoms with Crippen molar-refractivity contribution in [2.75, 3.05) is 32.7 Å². The van der Waals surface area contributed by atoms with Gasteiger partial charge in [-0.05, 0) is 36.6 Å². The van der Waals surface area contributed by atoms with Crippen molar-refractivity contribution in [1.82, 2.24) is 15.5 Å². The molecule has 1 saturated heterocycles. The van der Waals surface area contributed by atoms with E-state index < -0.39 is 0 Å². The number of amides is 1. The van der Waals surface area contributed by atoms with E-state index in [4.69, 9.17) is 0 Å². The van der Waals surface area contributed by atoms with Crippen molar-refractivity contribution in [2.45, 2.75) is 32.7 Å². The zero-order chi connectivity index (χ0) is 15.1. The molecule has 1 aliphatic rings. The largest absolute Gasteiger partial charge is 0.351 e. The van der Waals surface area contributed by atoms with Gasteiger partial charge in [-0.2, -0.15) is 0 Å². The molecule has 0 aliphatic carbocycles. The molecule has 4 heteroatoms. The third-order valence-corrected chi connectivity index (χ3v) is 3.94. The van der Waals surface area contributed by atoms with Gasteiger partial charge in [0.25, 0.3) is 0 Å². The fourth-order valence-electron chi connectivity index (χ4n) is 2.54. The summed E-state index contributed by atoms with van der Waals surface area (Å²) in [5.74, 6) is 0.662. The Balaban J connectivity index is 1.75. The highest BCUT2D eigenvalue weighted by Gasteiger charge is 2.12. The maximum Gasteiger partial charge on any atom is 0.234 e. The fraction of sp³-hybridized carbons (Fsp3) is 0.588. The number of benzene rings is 1.